The van der Waals surface area contributed by atoms with Crippen LogP contribution in [-0.2, 0) is 45.4 Å². The largest absolute Gasteiger partial charge is 0.473 e. The molecule has 4 aliphatic heterocycles. The number of nitrogens with zero attached hydrogens (tertiary/aromatic N) is 14. The van der Waals surface area contributed by atoms with E-state index >= 15 is 0 Å². The SMILES string of the molecule is C=C(NC1CCOCC1)c1ccc(OCc2c(-c3ccc(C)nc3)noc2C)nc1.C=C(NC1CCOCC1)c1ccc(OCc2c(-c3ccc(C)nc3)noc2C)nn1.C=C(NC1CCOCC1)c1ccc(OCc2c(-c3ccc(C)nc3)noc2C2CC2)nc1.C=C(NC1CCOCC1)c1cnc(OCc2c(-c3ccc(C)nc3)noc2C)cn1. The minimum Gasteiger partial charge on any atom is -0.473 e. The number of rotatable bonds is 29. The molecule has 122 heavy (non-hydrogen) atoms. The lowest BCUT2D eigenvalue weighted by Crippen LogP contribution is -2.33. The van der Waals surface area contributed by atoms with E-state index in [1.807, 2.05) is 134 Å². The summed E-state index contributed by atoms with van der Waals surface area (Å²) in [6, 6.07) is 28.6. The van der Waals surface area contributed by atoms with Gasteiger partial charge in [-0.05, 0) is 179 Å². The maximum atomic E-state index is 6.04. The molecule has 0 aromatic carbocycles. The third-order valence-electron chi connectivity index (χ3n) is 21.4. The molecule has 5 aliphatic rings. The lowest BCUT2D eigenvalue weighted by atomic mass is 10.1. The number of ether oxygens (including phenoxy) is 8. The fraction of sp³-hybridized carbons (Fsp3) is 0.370. The first kappa shape index (κ1) is 85.5. The van der Waals surface area contributed by atoms with Crippen molar-refractivity contribution in [1.29, 1.82) is 0 Å². The van der Waals surface area contributed by atoms with Crippen LogP contribution in [0, 0.1) is 48.5 Å². The van der Waals surface area contributed by atoms with E-state index < -0.39 is 0 Å². The van der Waals surface area contributed by atoms with Gasteiger partial charge in [0.25, 0.3) is 0 Å². The zero-order chi connectivity index (χ0) is 84.7. The summed E-state index contributed by atoms with van der Waals surface area (Å²) in [6.07, 6.45) is 24.1. The van der Waals surface area contributed by atoms with Gasteiger partial charge in [-0.15, -0.1) is 10.2 Å². The van der Waals surface area contributed by atoms with E-state index in [1.54, 1.807) is 49.4 Å². The molecule has 30 nitrogen and oxygen atoms in total. The van der Waals surface area contributed by atoms with E-state index in [9.17, 15) is 0 Å². The van der Waals surface area contributed by atoms with Gasteiger partial charge < -0.3 is 77.3 Å². The molecule has 12 aromatic heterocycles. The van der Waals surface area contributed by atoms with Gasteiger partial charge in [0.05, 0.1) is 46.0 Å². The summed E-state index contributed by atoms with van der Waals surface area (Å²) in [7, 11) is 0. The predicted molar refractivity (Wildman–Crippen MR) is 458 cm³/mol. The zero-order valence-electron chi connectivity index (χ0n) is 70.1. The summed E-state index contributed by atoms with van der Waals surface area (Å²) in [4.78, 5) is 35.1. The predicted octanol–water partition coefficient (Wildman–Crippen LogP) is 15.6. The van der Waals surface area contributed by atoms with Crippen LogP contribution in [0.1, 0.15) is 161 Å². The molecular weight excluding hydrogens is 1550 g/mol. The quantitative estimate of drug-likeness (QED) is 0.0338. The Morgan fingerprint density at radius 3 is 0.984 bits per heavy atom. The monoisotopic (exact) mass is 1650 g/mol. The summed E-state index contributed by atoms with van der Waals surface area (Å²) in [5.74, 6) is 5.41. The molecule has 5 fully saturated rings. The molecule has 0 bridgehead atoms. The van der Waals surface area contributed by atoms with Crippen LogP contribution >= 0.6 is 0 Å². The second-order valence-corrected chi connectivity index (χ2v) is 30.6. The van der Waals surface area contributed by atoms with Crippen LogP contribution in [0.5, 0.6) is 23.5 Å². The van der Waals surface area contributed by atoms with Crippen molar-refractivity contribution in [2.45, 2.75) is 169 Å². The van der Waals surface area contributed by atoms with Gasteiger partial charge in [-0.2, -0.15) is 0 Å². The molecule has 16 heterocycles. The number of aryl methyl sites for hydroxylation is 7. The first-order chi connectivity index (χ1) is 59.5. The van der Waals surface area contributed by atoms with Gasteiger partial charge in [0, 0.05) is 206 Å². The Morgan fingerprint density at radius 1 is 0.311 bits per heavy atom. The van der Waals surface area contributed by atoms with Gasteiger partial charge >= 0.3 is 0 Å². The van der Waals surface area contributed by atoms with Crippen LogP contribution in [0.3, 0.4) is 0 Å². The van der Waals surface area contributed by atoms with E-state index in [0.29, 0.717) is 89.7 Å². The van der Waals surface area contributed by atoms with E-state index in [4.69, 9.17) is 56.0 Å². The van der Waals surface area contributed by atoms with Gasteiger partial charge in [-0.25, -0.2) is 19.9 Å². The molecule has 1 aliphatic carbocycles. The smallest absolute Gasteiger partial charge is 0.233 e. The van der Waals surface area contributed by atoms with Crippen LogP contribution in [0.2, 0.25) is 0 Å². The number of hydrogen-bond acceptors (Lipinski definition) is 30. The molecule has 0 amide bonds. The molecule has 30 heteroatoms. The van der Waals surface area contributed by atoms with Crippen molar-refractivity contribution in [3.05, 3.63) is 251 Å². The summed E-state index contributed by atoms with van der Waals surface area (Å²) in [6.45, 7) is 37.3. The van der Waals surface area contributed by atoms with Crippen molar-refractivity contribution >= 4 is 22.8 Å². The number of pyridine rings is 6. The lowest BCUT2D eigenvalue weighted by molar-refractivity contribution is 0.0817. The lowest BCUT2D eigenvalue weighted by Gasteiger charge is -2.25. The van der Waals surface area contributed by atoms with E-state index in [0.717, 1.165) is 253 Å². The first-order valence-corrected chi connectivity index (χ1v) is 41.3. The van der Waals surface area contributed by atoms with Gasteiger partial charge in [0.1, 0.15) is 83.6 Å². The Bertz CT molecular complexity index is 4990. The third-order valence-corrected chi connectivity index (χ3v) is 21.4. The molecule has 17 rings (SSSR count). The van der Waals surface area contributed by atoms with E-state index in [1.165, 1.54) is 0 Å². The van der Waals surface area contributed by atoms with Crippen molar-refractivity contribution in [1.82, 2.24) is 92.0 Å². The number of hydrogen-bond donors (Lipinski definition) is 4. The van der Waals surface area contributed by atoms with Crippen LogP contribution in [0.25, 0.3) is 67.8 Å². The molecule has 0 spiro atoms. The van der Waals surface area contributed by atoms with Gasteiger partial charge in [-0.3, -0.25) is 19.9 Å². The first-order valence-electron chi connectivity index (χ1n) is 41.3. The van der Waals surface area contributed by atoms with Crippen molar-refractivity contribution in [2.75, 3.05) is 52.9 Å². The Morgan fingerprint density at radius 2 is 0.648 bits per heavy atom. The second kappa shape index (κ2) is 41.9. The molecule has 634 valence electrons. The van der Waals surface area contributed by atoms with Gasteiger partial charge in [0.2, 0.25) is 23.5 Å². The Hall–Kier alpha value is -12.9. The number of aromatic nitrogens is 14. The van der Waals surface area contributed by atoms with Crippen molar-refractivity contribution in [3.63, 3.8) is 0 Å². The van der Waals surface area contributed by atoms with E-state index in [2.05, 4.69) is 118 Å². The Labute approximate surface area is 709 Å². The van der Waals surface area contributed by atoms with Crippen LogP contribution in [-0.4, -0.2) is 148 Å². The zero-order valence-corrected chi connectivity index (χ0v) is 70.1. The summed E-state index contributed by atoms with van der Waals surface area (Å²) in [5.41, 5.74) is 20.5. The highest BCUT2D eigenvalue weighted by Gasteiger charge is 2.33. The van der Waals surface area contributed by atoms with E-state index in [-0.39, 0.29) is 13.2 Å². The molecule has 0 unspecified atom stereocenters. The molecular formula is C92H104N18O12. The van der Waals surface area contributed by atoms with Crippen molar-refractivity contribution < 1.29 is 56.0 Å². The highest BCUT2D eigenvalue weighted by molar-refractivity contribution is 5.67. The molecule has 4 N–H and O–H groups in total. The average molecular weight is 1650 g/mol. The molecule has 0 radical (unpaired) electrons. The molecule has 4 saturated heterocycles. The van der Waals surface area contributed by atoms with Crippen LogP contribution in [0.4, 0.5) is 0 Å². The highest BCUT2D eigenvalue weighted by atomic mass is 16.5. The minimum absolute atomic E-state index is 0.272. The summed E-state index contributed by atoms with van der Waals surface area (Å²) >= 11 is 0. The fourth-order valence-corrected chi connectivity index (χ4v) is 13.8. The van der Waals surface area contributed by atoms with Crippen molar-refractivity contribution in [2.24, 2.45) is 0 Å². The molecule has 12 aromatic rings. The normalized spacial score (nSPS) is 15.0. The Kier molecular flexibility index (Phi) is 29.3. The summed E-state index contributed by atoms with van der Waals surface area (Å²) < 4.78 is 67.0. The molecule has 0 atom stereocenters. The van der Waals surface area contributed by atoms with Crippen LogP contribution < -0.4 is 40.2 Å². The molecule has 1 saturated carbocycles. The summed E-state index contributed by atoms with van der Waals surface area (Å²) in [5, 5.41) is 39.0. The Balaban J connectivity index is 0.000000133. The fourth-order valence-electron chi connectivity index (χ4n) is 13.8. The highest BCUT2D eigenvalue weighted by Crippen LogP contribution is 2.44. The van der Waals surface area contributed by atoms with Crippen molar-refractivity contribution in [3.8, 4) is 68.5 Å². The average Bonchev–Trinajstić information content (AvgIpc) is 1.91. The number of nitrogens with one attached hydrogen (secondary N) is 4. The minimum atomic E-state index is 0.272. The standard InChI is InChI=1S/C25H28N4O3.C23H26N4O3.2C22H25N5O3/c1-16-3-4-20(14-26-16)24-22(25(32-29-24)18-5-6-18)15-31-23-8-7-19(13-27-23)17(2)28-21-9-11-30-12-10-21;1-15-4-5-19(13-24-15)23-21(17(3)30-27-23)14-29-22-7-6-18(12-25-22)16(2)26-20-8-10-28-11-9-20;1-14-4-5-17(10-23-14)22-19(16(3)30-27-22)13-29-21-12-24-20(11-25-21)15(2)26-18-6-8-28-9-7-18;1-14-4-5-17(12-23-14)22-19(16(3)30-27-22)13-29-21-7-6-20(25-26-21)15(2)24-18-8-10-28-11-9-18/h3-4,7-8,13-14,18,21,28H,2,5-6,9-12,15H2,1H3;4-7,12-13,20,26H,2,8-11,14H2,1,3H3;4-5,10-12,18,26H,2,6-9,13H2,1,3H3;4-7,12,18,24H,2,8-11,13H2,1,3H3. The van der Waals surface area contributed by atoms with Gasteiger partial charge in [0.15, 0.2) is 0 Å². The third kappa shape index (κ3) is 23.6. The van der Waals surface area contributed by atoms with Gasteiger partial charge in [-0.1, -0.05) is 46.9 Å². The van der Waals surface area contributed by atoms with Crippen LogP contribution in [0.15, 0.2) is 179 Å². The topological polar surface area (TPSA) is 355 Å². The maximum Gasteiger partial charge on any atom is 0.233 e. The maximum absolute atomic E-state index is 6.04. The second-order valence-electron chi connectivity index (χ2n) is 30.6.